The van der Waals surface area contributed by atoms with Gasteiger partial charge in [-0.3, -0.25) is 4.79 Å². The van der Waals surface area contributed by atoms with Gasteiger partial charge in [-0.1, -0.05) is 26.0 Å². The van der Waals surface area contributed by atoms with Gasteiger partial charge in [0.05, 0.1) is 5.41 Å². The van der Waals surface area contributed by atoms with Crippen molar-refractivity contribution < 1.29 is 19.1 Å². The Hall–Kier alpha value is -1.91. The molecule has 0 radical (unpaired) electrons. The Bertz CT molecular complexity index is 526. The highest BCUT2D eigenvalue weighted by Gasteiger charge is 2.33. The number of carbonyl (C=O) groups is 2. The first-order valence-corrected chi connectivity index (χ1v) is 6.94. The van der Waals surface area contributed by atoms with Gasteiger partial charge in [-0.25, -0.2) is 9.18 Å². The van der Waals surface area contributed by atoms with Crippen LogP contribution in [0.5, 0.6) is 0 Å². The van der Waals surface area contributed by atoms with Crippen molar-refractivity contribution in [2.75, 3.05) is 0 Å². The molecule has 1 rings (SSSR count). The fraction of sp³-hybridized carbons (Fsp3) is 0.500. The Morgan fingerprint density at radius 2 is 1.95 bits per heavy atom. The van der Waals surface area contributed by atoms with Crippen LogP contribution >= 0.6 is 0 Å². The van der Waals surface area contributed by atoms with E-state index in [0.29, 0.717) is 12.0 Å². The molecule has 0 heterocycles. The van der Waals surface area contributed by atoms with Crippen LogP contribution in [0.25, 0.3) is 0 Å². The van der Waals surface area contributed by atoms with E-state index in [1.807, 2.05) is 13.8 Å². The van der Waals surface area contributed by atoms with Crippen molar-refractivity contribution in [3.63, 3.8) is 0 Å². The normalized spacial score (nSPS) is 13.0. The average molecular weight is 295 g/mol. The lowest BCUT2D eigenvalue weighted by atomic mass is 9.83. The monoisotopic (exact) mass is 295 g/mol. The summed E-state index contributed by atoms with van der Waals surface area (Å²) in [7, 11) is 0. The summed E-state index contributed by atoms with van der Waals surface area (Å²) in [4.78, 5) is 23.6. The van der Waals surface area contributed by atoms with Gasteiger partial charge in [0.1, 0.15) is 11.9 Å². The first kappa shape index (κ1) is 17.1. The molecule has 1 atom stereocenters. The minimum absolute atomic E-state index is 0.142. The average Bonchev–Trinajstić information content (AvgIpc) is 2.37. The first-order chi connectivity index (χ1) is 9.64. The van der Waals surface area contributed by atoms with E-state index in [4.69, 9.17) is 0 Å². The Morgan fingerprint density at radius 3 is 2.43 bits per heavy atom. The molecule has 21 heavy (non-hydrogen) atoms. The Balaban J connectivity index is 2.92. The highest BCUT2D eigenvalue weighted by atomic mass is 19.1. The third-order valence-corrected chi connectivity index (χ3v) is 3.42. The van der Waals surface area contributed by atoms with Gasteiger partial charge in [0.2, 0.25) is 5.91 Å². The Kier molecular flexibility index (Phi) is 5.47. The fourth-order valence-electron chi connectivity index (χ4n) is 2.04. The number of nitrogens with one attached hydrogen (secondary N) is 1. The van der Waals surface area contributed by atoms with Crippen molar-refractivity contribution in [1.82, 2.24) is 5.32 Å². The highest BCUT2D eigenvalue weighted by Crippen LogP contribution is 2.24. The lowest BCUT2D eigenvalue weighted by Crippen LogP contribution is -2.48. The van der Waals surface area contributed by atoms with Crippen LogP contribution in [0.15, 0.2) is 24.3 Å². The van der Waals surface area contributed by atoms with Crippen LogP contribution in [0, 0.1) is 11.7 Å². The zero-order valence-corrected chi connectivity index (χ0v) is 12.8. The van der Waals surface area contributed by atoms with Gasteiger partial charge in [-0.15, -0.1) is 0 Å². The van der Waals surface area contributed by atoms with Gasteiger partial charge in [-0.05, 0) is 43.9 Å². The van der Waals surface area contributed by atoms with E-state index < -0.39 is 29.2 Å². The summed E-state index contributed by atoms with van der Waals surface area (Å²) < 4.78 is 13.3. The molecule has 1 aromatic rings. The number of rotatable bonds is 6. The second-order valence-corrected chi connectivity index (χ2v) is 6.13. The fourth-order valence-corrected chi connectivity index (χ4v) is 2.04. The van der Waals surface area contributed by atoms with Crippen molar-refractivity contribution in [1.29, 1.82) is 0 Å². The van der Waals surface area contributed by atoms with Gasteiger partial charge < -0.3 is 10.4 Å². The maximum absolute atomic E-state index is 13.3. The second-order valence-electron chi connectivity index (χ2n) is 6.13. The molecule has 0 spiro atoms. The number of carboxylic acid groups (broad SMARTS) is 1. The van der Waals surface area contributed by atoms with Crippen molar-refractivity contribution in [3.8, 4) is 0 Å². The molecule has 1 aromatic carbocycles. The third kappa shape index (κ3) is 4.55. The van der Waals surface area contributed by atoms with Crippen molar-refractivity contribution in [2.24, 2.45) is 5.92 Å². The van der Waals surface area contributed by atoms with E-state index in [2.05, 4.69) is 5.32 Å². The molecule has 5 heteroatoms. The van der Waals surface area contributed by atoms with Crippen LogP contribution in [0.2, 0.25) is 0 Å². The number of amides is 1. The van der Waals surface area contributed by atoms with Gasteiger partial charge in [0.15, 0.2) is 0 Å². The highest BCUT2D eigenvalue weighted by molar-refractivity contribution is 5.90. The quantitative estimate of drug-likeness (QED) is 0.848. The van der Waals surface area contributed by atoms with Crippen molar-refractivity contribution >= 4 is 11.9 Å². The van der Waals surface area contributed by atoms with Crippen LogP contribution < -0.4 is 5.32 Å². The first-order valence-electron chi connectivity index (χ1n) is 6.94. The van der Waals surface area contributed by atoms with E-state index in [0.717, 1.165) is 0 Å². The molecule has 0 aromatic heterocycles. The van der Waals surface area contributed by atoms with E-state index in [9.17, 15) is 19.1 Å². The maximum atomic E-state index is 13.3. The van der Waals surface area contributed by atoms with Gasteiger partial charge >= 0.3 is 5.97 Å². The number of carboxylic acids is 1. The van der Waals surface area contributed by atoms with E-state index in [1.165, 1.54) is 18.2 Å². The molecular weight excluding hydrogens is 273 g/mol. The summed E-state index contributed by atoms with van der Waals surface area (Å²) >= 11 is 0. The van der Waals surface area contributed by atoms with Gasteiger partial charge in [0.25, 0.3) is 0 Å². The third-order valence-electron chi connectivity index (χ3n) is 3.42. The van der Waals surface area contributed by atoms with E-state index in [1.54, 1.807) is 19.9 Å². The molecule has 1 amide bonds. The number of halogens is 1. The Labute approximate surface area is 124 Å². The zero-order valence-electron chi connectivity index (χ0n) is 12.8. The summed E-state index contributed by atoms with van der Waals surface area (Å²) in [6, 6.07) is 4.84. The van der Waals surface area contributed by atoms with Gasteiger partial charge in [0, 0.05) is 0 Å². The molecule has 2 N–H and O–H groups in total. The summed E-state index contributed by atoms with van der Waals surface area (Å²) in [5.41, 5.74) is -0.499. The van der Waals surface area contributed by atoms with Crippen molar-refractivity contribution in [3.05, 3.63) is 35.6 Å². The standard InChI is InChI=1S/C16H22FNO3/c1-10(2)8-13(14(19)20)18-15(21)16(3,4)11-6-5-7-12(17)9-11/h5-7,9-10,13H,8H2,1-4H3,(H,18,21)(H,19,20)/t13-/m1/s1. The molecule has 0 saturated carbocycles. The summed E-state index contributed by atoms with van der Waals surface area (Å²) in [6.45, 7) is 7.07. The lowest BCUT2D eigenvalue weighted by molar-refractivity contribution is -0.143. The van der Waals surface area contributed by atoms with Crippen molar-refractivity contribution in [2.45, 2.75) is 45.6 Å². The number of carbonyl (C=O) groups excluding carboxylic acids is 1. The number of hydrogen-bond acceptors (Lipinski definition) is 2. The molecular formula is C16H22FNO3. The van der Waals surface area contributed by atoms with Crippen LogP contribution in [-0.4, -0.2) is 23.0 Å². The molecule has 4 nitrogen and oxygen atoms in total. The maximum Gasteiger partial charge on any atom is 0.326 e. The topological polar surface area (TPSA) is 66.4 Å². The van der Waals surface area contributed by atoms with E-state index >= 15 is 0 Å². The van der Waals surface area contributed by atoms with Gasteiger partial charge in [-0.2, -0.15) is 0 Å². The lowest BCUT2D eigenvalue weighted by Gasteiger charge is -2.27. The summed E-state index contributed by atoms with van der Waals surface area (Å²) in [6.07, 6.45) is 0.348. The number of aliphatic carboxylic acids is 1. The molecule has 0 bridgehead atoms. The molecule has 0 fully saturated rings. The number of benzene rings is 1. The molecule has 0 aliphatic heterocycles. The predicted molar refractivity (Wildman–Crippen MR) is 78.4 cm³/mol. The van der Waals surface area contributed by atoms with Crippen LogP contribution in [0.1, 0.15) is 39.7 Å². The number of hydrogen-bond donors (Lipinski definition) is 2. The predicted octanol–water partition coefficient (Wildman–Crippen LogP) is 2.72. The van der Waals surface area contributed by atoms with Crippen LogP contribution in [0.3, 0.4) is 0 Å². The SMILES string of the molecule is CC(C)C[C@@H](NC(=O)C(C)(C)c1cccc(F)c1)C(=O)O. The molecule has 0 saturated heterocycles. The summed E-state index contributed by atoms with van der Waals surface area (Å²) in [5, 5.41) is 11.7. The largest absolute Gasteiger partial charge is 0.480 e. The minimum atomic E-state index is -1.06. The Morgan fingerprint density at radius 1 is 1.33 bits per heavy atom. The molecule has 0 unspecified atom stereocenters. The smallest absolute Gasteiger partial charge is 0.326 e. The molecule has 0 aliphatic rings. The van der Waals surface area contributed by atoms with Crippen LogP contribution in [-0.2, 0) is 15.0 Å². The van der Waals surface area contributed by atoms with E-state index in [-0.39, 0.29) is 5.92 Å². The zero-order chi connectivity index (χ0) is 16.2. The minimum Gasteiger partial charge on any atom is -0.480 e. The molecule has 116 valence electrons. The summed E-state index contributed by atoms with van der Waals surface area (Å²) in [5.74, 6) is -1.78. The molecule has 0 aliphatic carbocycles. The second kappa shape index (κ2) is 6.70. The van der Waals surface area contributed by atoms with Crippen LogP contribution in [0.4, 0.5) is 4.39 Å².